The minimum atomic E-state index is -0.551. The van der Waals surface area contributed by atoms with E-state index in [0.29, 0.717) is 17.4 Å². The van der Waals surface area contributed by atoms with Gasteiger partial charge in [0.15, 0.2) is 5.16 Å². The predicted molar refractivity (Wildman–Crippen MR) is 66.9 cm³/mol. The lowest BCUT2D eigenvalue weighted by Gasteiger charge is -2.04. The highest BCUT2D eigenvalue weighted by Crippen LogP contribution is 2.13. The van der Waals surface area contributed by atoms with Crippen LogP contribution in [0.15, 0.2) is 5.16 Å². The summed E-state index contributed by atoms with van der Waals surface area (Å²) in [4.78, 5) is 34.1. The fourth-order valence-corrected chi connectivity index (χ4v) is 1.65. The van der Waals surface area contributed by atoms with Gasteiger partial charge in [-0.05, 0) is 0 Å². The molecule has 3 amide bonds. The van der Waals surface area contributed by atoms with Gasteiger partial charge in [-0.15, -0.1) is 0 Å². The Bertz CT molecular complexity index is 453. The van der Waals surface area contributed by atoms with E-state index in [9.17, 15) is 9.59 Å². The maximum atomic E-state index is 11.3. The zero-order chi connectivity index (χ0) is 13.5. The van der Waals surface area contributed by atoms with E-state index in [1.807, 2.05) is 6.92 Å². The standard InChI is InChI=1S/C9H14N6O2S/c1-3-5-12-7(10)15-9(13-5)18-4-6(16)14-8(17)11-2/h3-4H2,1-2H3,(H2,10,12,13,15)(H2,11,14,16,17). The Morgan fingerprint density at radius 2 is 2.06 bits per heavy atom. The molecule has 0 aliphatic carbocycles. The van der Waals surface area contributed by atoms with Crippen LogP contribution in [0.4, 0.5) is 10.7 Å². The molecular weight excluding hydrogens is 256 g/mol. The van der Waals surface area contributed by atoms with E-state index in [4.69, 9.17) is 5.73 Å². The second kappa shape index (κ2) is 6.74. The van der Waals surface area contributed by atoms with Gasteiger partial charge < -0.3 is 11.1 Å². The fourth-order valence-electron chi connectivity index (χ4n) is 0.994. The molecule has 9 heteroatoms. The van der Waals surface area contributed by atoms with Crippen LogP contribution < -0.4 is 16.4 Å². The molecule has 1 aromatic heterocycles. The largest absolute Gasteiger partial charge is 0.368 e. The molecule has 0 aromatic carbocycles. The zero-order valence-corrected chi connectivity index (χ0v) is 10.9. The molecule has 0 saturated heterocycles. The number of imide groups is 1. The molecule has 0 radical (unpaired) electrons. The highest BCUT2D eigenvalue weighted by molar-refractivity contribution is 7.99. The molecule has 8 nitrogen and oxygen atoms in total. The first kappa shape index (κ1) is 14.2. The number of nitrogens with one attached hydrogen (secondary N) is 2. The Kier molecular flexibility index (Phi) is 5.31. The van der Waals surface area contributed by atoms with Crippen LogP contribution >= 0.6 is 11.8 Å². The van der Waals surface area contributed by atoms with Gasteiger partial charge in [0, 0.05) is 13.5 Å². The van der Waals surface area contributed by atoms with Gasteiger partial charge in [0.05, 0.1) is 5.75 Å². The number of carbonyl (C=O) groups excluding carboxylic acids is 2. The zero-order valence-electron chi connectivity index (χ0n) is 10.1. The van der Waals surface area contributed by atoms with Crippen molar-refractivity contribution in [1.29, 1.82) is 0 Å². The van der Waals surface area contributed by atoms with Gasteiger partial charge in [0.1, 0.15) is 5.82 Å². The molecule has 0 aliphatic heterocycles. The van der Waals surface area contributed by atoms with E-state index in [1.54, 1.807) is 0 Å². The molecule has 0 fully saturated rings. The van der Waals surface area contributed by atoms with E-state index >= 15 is 0 Å². The maximum Gasteiger partial charge on any atom is 0.321 e. The van der Waals surface area contributed by atoms with Gasteiger partial charge >= 0.3 is 6.03 Å². The number of urea groups is 1. The summed E-state index contributed by atoms with van der Waals surface area (Å²) in [6.07, 6.45) is 0.630. The Morgan fingerprint density at radius 1 is 1.33 bits per heavy atom. The third-order valence-corrected chi connectivity index (χ3v) is 2.65. The highest BCUT2D eigenvalue weighted by atomic mass is 32.2. The molecule has 0 unspecified atom stereocenters. The lowest BCUT2D eigenvalue weighted by Crippen LogP contribution is -2.38. The average Bonchev–Trinajstić information content (AvgIpc) is 2.35. The van der Waals surface area contributed by atoms with E-state index in [2.05, 4.69) is 25.6 Å². The summed E-state index contributed by atoms with van der Waals surface area (Å²) in [6.45, 7) is 1.89. The smallest absolute Gasteiger partial charge is 0.321 e. The second-order valence-corrected chi connectivity index (χ2v) is 4.10. The van der Waals surface area contributed by atoms with Gasteiger partial charge in [-0.25, -0.2) is 9.78 Å². The monoisotopic (exact) mass is 270 g/mol. The van der Waals surface area contributed by atoms with E-state index in [1.165, 1.54) is 7.05 Å². The molecular formula is C9H14N6O2S. The second-order valence-electron chi connectivity index (χ2n) is 3.16. The first-order valence-electron chi connectivity index (χ1n) is 5.20. The van der Waals surface area contributed by atoms with Crippen molar-refractivity contribution in [3.63, 3.8) is 0 Å². The topological polar surface area (TPSA) is 123 Å². The quantitative estimate of drug-likeness (QED) is 0.634. The van der Waals surface area contributed by atoms with Crippen LogP contribution in [0.1, 0.15) is 12.7 Å². The third-order valence-electron chi connectivity index (χ3n) is 1.81. The molecule has 4 N–H and O–H groups in total. The molecule has 0 aliphatic rings. The van der Waals surface area contributed by atoms with Crippen LogP contribution in [-0.2, 0) is 11.2 Å². The number of thioether (sulfide) groups is 1. The van der Waals surface area contributed by atoms with Gasteiger partial charge in [0.2, 0.25) is 11.9 Å². The van der Waals surface area contributed by atoms with Crippen molar-refractivity contribution in [3.05, 3.63) is 5.82 Å². The lowest BCUT2D eigenvalue weighted by atomic mass is 10.5. The number of anilines is 1. The van der Waals surface area contributed by atoms with Crippen LogP contribution in [0.2, 0.25) is 0 Å². The highest BCUT2D eigenvalue weighted by Gasteiger charge is 2.09. The lowest BCUT2D eigenvalue weighted by molar-refractivity contribution is -0.117. The van der Waals surface area contributed by atoms with Crippen LogP contribution in [-0.4, -0.2) is 39.7 Å². The van der Waals surface area contributed by atoms with Crippen molar-refractivity contribution in [3.8, 4) is 0 Å². The number of carbonyl (C=O) groups is 2. The van der Waals surface area contributed by atoms with E-state index in [0.717, 1.165) is 11.8 Å². The van der Waals surface area contributed by atoms with E-state index < -0.39 is 11.9 Å². The van der Waals surface area contributed by atoms with Crippen molar-refractivity contribution < 1.29 is 9.59 Å². The van der Waals surface area contributed by atoms with Crippen LogP contribution in [0.5, 0.6) is 0 Å². The summed E-state index contributed by atoms with van der Waals surface area (Å²) in [5.41, 5.74) is 5.50. The molecule has 0 saturated carbocycles. The molecule has 1 aromatic rings. The summed E-state index contributed by atoms with van der Waals surface area (Å²) < 4.78 is 0. The Hall–Kier alpha value is -1.90. The average molecular weight is 270 g/mol. The molecule has 0 bridgehead atoms. The van der Waals surface area contributed by atoms with Crippen molar-refractivity contribution >= 4 is 29.6 Å². The number of amides is 3. The minimum absolute atomic E-state index is 0.0278. The van der Waals surface area contributed by atoms with Gasteiger partial charge in [-0.3, -0.25) is 10.1 Å². The van der Waals surface area contributed by atoms with Crippen LogP contribution in [0, 0.1) is 0 Å². The van der Waals surface area contributed by atoms with Crippen molar-refractivity contribution in [1.82, 2.24) is 25.6 Å². The van der Waals surface area contributed by atoms with Crippen molar-refractivity contribution in [2.75, 3.05) is 18.5 Å². The van der Waals surface area contributed by atoms with Gasteiger partial charge in [0.25, 0.3) is 0 Å². The summed E-state index contributed by atoms with van der Waals surface area (Å²) in [6, 6.07) is -0.551. The molecule has 1 rings (SSSR count). The maximum absolute atomic E-state index is 11.3. The van der Waals surface area contributed by atoms with E-state index in [-0.39, 0.29) is 11.7 Å². The summed E-state index contributed by atoms with van der Waals surface area (Å²) in [5.74, 6) is 0.282. The fraction of sp³-hybridized carbons (Fsp3) is 0.444. The molecule has 0 atom stereocenters. The molecule has 0 spiro atoms. The van der Waals surface area contributed by atoms with Gasteiger partial charge in [-0.1, -0.05) is 18.7 Å². The Labute approximate surface area is 108 Å². The Balaban J connectivity index is 2.55. The first-order chi connectivity index (χ1) is 8.55. The van der Waals surface area contributed by atoms with Crippen LogP contribution in [0.25, 0.3) is 0 Å². The number of rotatable bonds is 4. The Morgan fingerprint density at radius 3 is 2.67 bits per heavy atom. The number of nitrogens with two attached hydrogens (primary N) is 1. The summed E-state index contributed by atoms with van der Waals surface area (Å²) in [5, 5.41) is 4.78. The molecule has 18 heavy (non-hydrogen) atoms. The number of nitrogen functional groups attached to an aromatic ring is 1. The third kappa shape index (κ3) is 4.53. The number of aromatic nitrogens is 3. The van der Waals surface area contributed by atoms with Gasteiger partial charge in [-0.2, -0.15) is 9.97 Å². The first-order valence-corrected chi connectivity index (χ1v) is 6.18. The minimum Gasteiger partial charge on any atom is -0.368 e. The summed E-state index contributed by atoms with van der Waals surface area (Å²) >= 11 is 1.09. The number of hydrogen-bond donors (Lipinski definition) is 3. The predicted octanol–water partition coefficient (Wildman–Crippen LogP) is -0.436. The number of hydrogen-bond acceptors (Lipinski definition) is 7. The molecule has 98 valence electrons. The number of nitrogens with zero attached hydrogens (tertiary/aromatic N) is 3. The summed E-state index contributed by atoms with van der Waals surface area (Å²) in [7, 11) is 1.43. The SMILES string of the molecule is CCc1nc(N)nc(SCC(=O)NC(=O)NC)n1. The van der Waals surface area contributed by atoms with Crippen molar-refractivity contribution in [2.45, 2.75) is 18.5 Å². The molecule has 1 heterocycles. The number of aryl methyl sites for hydroxylation is 1. The normalized spacial score (nSPS) is 9.89. The van der Waals surface area contributed by atoms with Crippen LogP contribution in [0.3, 0.4) is 0 Å². The van der Waals surface area contributed by atoms with Crippen molar-refractivity contribution in [2.24, 2.45) is 0 Å².